The predicted molar refractivity (Wildman–Crippen MR) is 78.3 cm³/mol. The number of aliphatic hydroxyl groups is 1. The number of rotatable bonds is 3. The van der Waals surface area contributed by atoms with E-state index in [0.29, 0.717) is 11.9 Å². The minimum Gasteiger partial charge on any atom is -0.393 e. The summed E-state index contributed by atoms with van der Waals surface area (Å²) >= 11 is 1.57. The Balaban J connectivity index is 1.69. The first-order valence-electron chi connectivity index (χ1n) is 6.65. The van der Waals surface area contributed by atoms with Crippen molar-refractivity contribution in [2.45, 2.75) is 31.8 Å². The van der Waals surface area contributed by atoms with Gasteiger partial charge in [-0.25, -0.2) is 4.98 Å². The van der Waals surface area contributed by atoms with E-state index in [9.17, 15) is 5.11 Å². The van der Waals surface area contributed by atoms with E-state index >= 15 is 0 Å². The summed E-state index contributed by atoms with van der Waals surface area (Å²) < 4.78 is 0. The second-order valence-electron chi connectivity index (χ2n) is 5.13. The average molecular weight is 278 g/mol. The summed E-state index contributed by atoms with van der Waals surface area (Å²) in [6, 6.07) is 2.02. The molecule has 0 atom stereocenters. The number of thiophene rings is 1. The first-order chi connectivity index (χ1) is 9.22. The quantitative estimate of drug-likeness (QED) is 0.802. The van der Waals surface area contributed by atoms with Gasteiger partial charge in [-0.05, 0) is 43.0 Å². The highest BCUT2D eigenvalue weighted by molar-refractivity contribution is 7.16. The van der Waals surface area contributed by atoms with Gasteiger partial charge in [0.25, 0.3) is 0 Å². The fourth-order valence-electron chi connectivity index (χ4n) is 2.60. The Morgan fingerprint density at radius 2 is 2.11 bits per heavy atom. The SMILES string of the molecule is Nc1nc(NCC2CCC(O)CC2)c2ccsc2n1. The number of nitrogen functional groups attached to an aromatic ring is 1. The largest absolute Gasteiger partial charge is 0.393 e. The van der Waals surface area contributed by atoms with Crippen molar-refractivity contribution in [1.29, 1.82) is 0 Å². The Morgan fingerprint density at radius 1 is 1.32 bits per heavy atom. The van der Waals surface area contributed by atoms with E-state index < -0.39 is 0 Å². The Labute approximate surface area is 115 Å². The van der Waals surface area contributed by atoms with Crippen LogP contribution in [-0.4, -0.2) is 27.7 Å². The van der Waals surface area contributed by atoms with Crippen LogP contribution in [0.25, 0.3) is 10.2 Å². The molecule has 0 saturated heterocycles. The fraction of sp³-hybridized carbons (Fsp3) is 0.538. The zero-order valence-electron chi connectivity index (χ0n) is 10.7. The van der Waals surface area contributed by atoms with Gasteiger partial charge in [0.05, 0.1) is 11.5 Å². The number of fused-ring (bicyclic) bond motifs is 1. The van der Waals surface area contributed by atoms with Crippen molar-refractivity contribution in [3.63, 3.8) is 0 Å². The summed E-state index contributed by atoms with van der Waals surface area (Å²) in [4.78, 5) is 9.42. The summed E-state index contributed by atoms with van der Waals surface area (Å²) in [5, 5.41) is 15.9. The van der Waals surface area contributed by atoms with Crippen LogP contribution in [0.15, 0.2) is 11.4 Å². The second-order valence-corrected chi connectivity index (χ2v) is 6.02. The van der Waals surface area contributed by atoms with Crippen LogP contribution < -0.4 is 11.1 Å². The Morgan fingerprint density at radius 3 is 2.89 bits per heavy atom. The van der Waals surface area contributed by atoms with Crippen LogP contribution in [0.5, 0.6) is 0 Å². The minimum atomic E-state index is -0.102. The Kier molecular flexibility index (Phi) is 3.52. The maximum atomic E-state index is 9.51. The lowest BCUT2D eigenvalue weighted by atomic mass is 9.87. The molecular weight excluding hydrogens is 260 g/mol. The Bertz CT molecular complexity index is 563. The molecule has 0 amide bonds. The third-order valence-corrected chi connectivity index (χ3v) is 4.52. The van der Waals surface area contributed by atoms with Crippen molar-refractivity contribution >= 4 is 33.3 Å². The van der Waals surface area contributed by atoms with Gasteiger partial charge in [-0.2, -0.15) is 4.98 Å². The summed E-state index contributed by atoms with van der Waals surface area (Å²) in [6.07, 6.45) is 3.86. The molecule has 1 saturated carbocycles. The van der Waals surface area contributed by atoms with Gasteiger partial charge in [-0.1, -0.05) is 0 Å². The summed E-state index contributed by atoms with van der Waals surface area (Å²) in [7, 11) is 0. The fourth-order valence-corrected chi connectivity index (χ4v) is 3.37. The van der Waals surface area contributed by atoms with E-state index in [1.165, 1.54) is 0 Å². The third kappa shape index (κ3) is 2.79. The molecule has 0 aliphatic heterocycles. The van der Waals surface area contributed by atoms with E-state index in [1.54, 1.807) is 11.3 Å². The monoisotopic (exact) mass is 278 g/mol. The highest BCUT2D eigenvalue weighted by Crippen LogP contribution is 2.28. The molecule has 0 spiro atoms. The highest BCUT2D eigenvalue weighted by atomic mass is 32.1. The van der Waals surface area contributed by atoms with Gasteiger partial charge < -0.3 is 16.2 Å². The molecule has 102 valence electrons. The summed E-state index contributed by atoms with van der Waals surface area (Å²) in [6.45, 7) is 0.883. The van der Waals surface area contributed by atoms with Crippen LogP contribution in [-0.2, 0) is 0 Å². The first-order valence-corrected chi connectivity index (χ1v) is 7.53. The number of nitrogens with one attached hydrogen (secondary N) is 1. The van der Waals surface area contributed by atoms with Crippen LogP contribution >= 0.6 is 11.3 Å². The van der Waals surface area contributed by atoms with Crippen LogP contribution in [0.4, 0.5) is 11.8 Å². The van der Waals surface area contributed by atoms with Gasteiger partial charge in [-0.3, -0.25) is 0 Å². The lowest BCUT2D eigenvalue weighted by Crippen LogP contribution is -2.23. The molecule has 0 radical (unpaired) electrons. The van der Waals surface area contributed by atoms with Gasteiger partial charge >= 0.3 is 0 Å². The lowest BCUT2D eigenvalue weighted by Gasteiger charge is -2.25. The van der Waals surface area contributed by atoms with Gasteiger partial charge in [0, 0.05) is 6.54 Å². The topological polar surface area (TPSA) is 84.1 Å². The Hall–Kier alpha value is -1.40. The number of nitrogens with zero attached hydrogens (tertiary/aromatic N) is 2. The van der Waals surface area contributed by atoms with E-state index in [4.69, 9.17) is 5.73 Å². The molecule has 19 heavy (non-hydrogen) atoms. The molecule has 1 aliphatic carbocycles. The van der Waals surface area contributed by atoms with Crippen molar-refractivity contribution < 1.29 is 5.11 Å². The van der Waals surface area contributed by atoms with Crippen LogP contribution in [0.3, 0.4) is 0 Å². The zero-order chi connectivity index (χ0) is 13.2. The maximum Gasteiger partial charge on any atom is 0.223 e. The lowest BCUT2D eigenvalue weighted by molar-refractivity contribution is 0.111. The van der Waals surface area contributed by atoms with Crippen molar-refractivity contribution in [3.8, 4) is 0 Å². The van der Waals surface area contributed by atoms with E-state index in [1.807, 2.05) is 11.4 Å². The van der Waals surface area contributed by atoms with Crippen molar-refractivity contribution in [1.82, 2.24) is 9.97 Å². The number of hydrogen-bond donors (Lipinski definition) is 3. The molecule has 5 nitrogen and oxygen atoms in total. The second kappa shape index (κ2) is 5.30. The number of aliphatic hydroxyl groups excluding tert-OH is 1. The van der Waals surface area contributed by atoms with Gasteiger partial charge in [0.15, 0.2) is 0 Å². The third-order valence-electron chi connectivity index (χ3n) is 3.72. The van der Waals surface area contributed by atoms with Crippen molar-refractivity contribution in [2.24, 2.45) is 5.92 Å². The standard InChI is InChI=1S/C13H18N4OS/c14-13-16-11(10-5-6-19-12(10)17-13)15-7-8-1-3-9(18)4-2-8/h5-6,8-9,18H,1-4,7H2,(H3,14,15,16,17). The average Bonchev–Trinajstić information content (AvgIpc) is 2.85. The molecule has 0 unspecified atom stereocenters. The minimum absolute atomic E-state index is 0.102. The molecule has 4 N–H and O–H groups in total. The van der Waals surface area contributed by atoms with Crippen LogP contribution in [0.2, 0.25) is 0 Å². The van der Waals surface area contributed by atoms with Crippen molar-refractivity contribution in [2.75, 3.05) is 17.6 Å². The molecule has 3 rings (SSSR count). The first kappa shape index (κ1) is 12.6. The smallest absolute Gasteiger partial charge is 0.223 e. The molecule has 1 aliphatic rings. The maximum absolute atomic E-state index is 9.51. The number of anilines is 2. The van der Waals surface area contributed by atoms with E-state index in [2.05, 4.69) is 15.3 Å². The van der Waals surface area contributed by atoms with Gasteiger partial charge in [-0.15, -0.1) is 11.3 Å². The van der Waals surface area contributed by atoms with E-state index in [0.717, 1.165) is 48.3 Å². The van der Waals surface area contributed by atoms with Crippen LogP contribution in [0, 0.1) is 5.92 Å². The highest BCUT2D eigenvalue weighted by Gasteiger charge is 2.19. The van der Waals surface area contributed by atoms with Gasteiger partial charge in [0.2, 0.25) is 5.95 Å². The number of aromatic nitrogens is 2. The molecule has 0 aromatic carbocycles. The normalized spacial score (nSPS) is 23.6. The molecule has 6 heteroatoms. The van der Waals surface area contributed by atoms with E-state index in [-0.39, 0.29) is 6.10 Å². The number of hydrogen-bond acceptors (Lipinski definition) is 6. The van der Waals surface area contributed by atoms with Crippen molar-refractivity contribution in [3.05, 3.63) is 11.4 Å². The number of nitrogens with two attached hydrogens (primary N) is 1. The summed E-state index contributed by atoms with van der Waals surface area (Å²) in [5.41, 5.74) is 5.72. The van der Waals surface area contributed by atoms with Crippen LogP contribution in [0.1, 0.15) is 25.7 Å². The molecule has 2 heterocycles. The molecule has 0 bridgehead atoms. The summed E-state index contributed by atoms with van der Waals surface area (Å²) in [5.74, 6) is 1.75. The molecule has 2 aromatic heterocycles. The molecule has 1 fully saturated rings. The molecular formula is C13H18N4OS. The predicted octanol–water partition coefficient (Wildman–Crippen LogP) is 2.24. The molecule has 2 aromatic rings. The van der Waals surface area contributed by atoms with Gasteiger partial charge in [0.1, 0.15) is 10.6 Å². The zero-order valence-corrected chi connectivity index (χ0v) is 11.5.